The van der Waals surface area contributed by atoms with E-state index >= 15 is 0 Å². The Kier molecular flexibility index (Phi) is 6.90. The van der Waals surface area contributed by atoms with Crippen LogP contribution in [0.1, 0.15) is 25.8 Å². The number of anilines is 1. The molecule has 3 aromatic rings. The predicted molar refractivity (Wildman–Crippen MR) is 127 cm³/mol. The molecule has 0 saturated carbocycles. The van der Waals surface area contributed by atoms with Gasteiger partial charge in [-0.1, -0.05) is 12.1 Å². The zero-order valence-electron chi connectivity index (χ0n) is 19.6. The van der Waals surface area contributed by atoms with Gasteiger partial charge in [-0.25, -0.2) is 14.4 Å². The van der Waals surface area contributed by atoms with E-state index in [2.05, 4.69) is 26.9 Å². The van der Waals surface area contributed by atoms with Gasteiger partial charge >= 0.3 is 0 Å². The van der Waals surface area contributed by atoms with E-state index in [0.29, 0.717) is 29.4 Å². The van der Waals surface area contributed by atoms with Gasteiger partial charge < -0.3 is 15.0 Å². The summed E-state index contributed by atoms with van der Waals surface area (Å²) in [5.41, 5.74) is 2.43. The number of hydrogen-bond donors (Lipinski definition) is 1. The van der Waals surface area contributed by atoms with Crippen LogP contribution in [0.25, 0.3) is 22.5 Å². The van der Waals surface area contributed by atoms with E-state index < -0.39 is 0 Å². The SMILES string of the molecule is COC[C@H](C)Nc1nccc(-c2c(-c3ccc(F)cc3)c(=O)n(C)n2C2CCN(C)CC2)n1. The molecule has 0 unspecified atom stereocenters. The number of benzene rings is 1. The third-order valence-electron chi connectivity index (χ3n) is 6.15. The number of piperidine rings is 1. The number of methoxy groups -OCH3 is 1. The van der Waals surface area contributed by atoms with Crippen LogP contribution in [0.5, 0.6) is 0 Å². The van der Waals surface area contributed by atoms with Crippen LogP contribution in [0.2, 0.25) is 0 Å². The molecule has 1 aliphatic heterocycles. The third kappa shape index (κ3) is 4.84. The minimum Gasteiger partial charge on any atom is -0.383 e. The van der Waals surface area contributed by atoms with E-state index in [-0.39, 0.29) is 23.5 Å². The molecule has 33 heavy (non-hydrogen) atoms. The van der Waals surface area contributed by atoms with Crippen molar-refractivity contribution in [3.8, 4) is 22.5 Å². The Labute approximate surface area is 193 Å². The smallest absolute Gasteiger partial charge is 0.274 e. The number of nitrogens with zero attached hydrogens (tertiary/aromatic N) is 5. The standard InChI is InChI=1S/C24H31FN6O2/c1-16(15-33-4)27-24-26-12-9-20(28-24)22-21(17-5-7-18(25)8-6-17)23(32)30(3)31(22)19-10-13-29(2)14-11-19/h5-9,12,16,19H,10-11,13-15H2,1-4H3,(H,26,27,28)/t16-/m0/s1. The van der Waals surface area contributed by atoms with Crippen molar-refractivity contribution in [2.75, 3.05) is 39.2 Å². The molecule has 1 aliphatic rings. The largest absolute Gasteiger partial charge is 0.383 e. The Morgan fingerprint density at radius 2 is 1.88 bits per heavy atom. The van der Waals surface area contributed by atoms with E-state index in [0.717, 1.165) is 31.6 Å². The van der Waals surface area contributed by atoms with Gasteiger partial charge in [0.25, 0.3) is 5.56 Å². The van der Waals surface area contributed by atoms with Crippen LogP contribution in [0, 0.1) is 5.82 Å². The van der Waals surface area contributed by atoms with Gasteiger partial charge in [0.1, 0.15) is 5.82 Å². The Hall–Kier alpha value is -3.04. The number of aromatic nitrogens is 4. The molecular formula is C24H31FN6O2. The highest BCUT2D eigenvalue weighted by Crippen LogP contribution is 2.34. The van der Waals surface area contributed by atoms with Crippen molar-refractivity contribution in [2.24, 2.45) is 7.05 Å². The fourth-order valence-corrected chi connectivity index (χ4v) is 4.49. The number of nitrogens with one attached hydrogen (secondary N) is 1. The molecule has 4 rings (SSSR count). The monoisotopic (exact) mass is 454 g/mol. The number of halogens is 1. The summed E-state index contributed by atoms with van der Waals surface area (Å²) in [5, 5.41) is 3.25. The van der Waals surface area contributed by atoms with Gasteiger partial charge in [0.05, 0.1) is 29.6 Å². The first-order valence-electron chi connectivity index (χ1n) is 11.2. The molecule has 9 heteroatoms. The lowest BCUT2D eigenvalue weighted by Gasteiger charge is -2.31. The lowest BCUT2D eigenvalue weighted by atomic mass is 10.0. The number of likely N-dealkylation sites (tertiary alicyclic amines) is 1. The van der Waals surface area contributed by atoms with Gasteiger partial charge in [-0.15, -0.1) is 0 Å². The van der Waals surface area contributed by atoms with E-state index in [1.807, 2.05) is 13.0 Å². The molecule has 0 amide bonds. The Balaban J connectivity index is 1.87. The summed E-state index contributed by atoms with van der Waals surface area (Å²) >= 11 is 0. The van der Waals surface area contributed by atoms with Crippen molar-refractivity contribution in [3.63, 3.8) is 0 Å². The quantitative estimate of drug-likeness (QED) is 0.591. The van der Waals surface area contributed by atoms with Gasteiger partial charge in [0.15, 0.2) is 0 Å². The summed E-state index contributed by atoms with van der Waals surface area (Å²) in [4.78, 5) is 24.9. The zero-order valence-corrected chi connectivity index (χ0v) is 19.6. The topological polar surface area (TPSA) is 77.2 Å². The molecule has 0 radical (unpaired) electrons. The fourth-order valence-electron chi connectivity index (χ4n) is 4.49. The molecule has 3 heterocycles. The summed E-state index contributed by atoms with van der Waals surface area (Å²) in [6.07, 6.45) is 3.54. The van der Waals surface area contributed by atoms with Crippen molar-refractivity contribution >= 4 is 5.95 Å². The van der Waals surface area contributed by atoms with Crippen molar-refractivity contribution in [1.29, 1.82) is 0 Å². The highest BCUT2D eigenvalue weighted by Gasteiger charge is 2.28. The van der Waals surface area contributed by atoms with Crippen LogP contribution in [-0.2, 0) is 11.8 Å². The van der Waals surface area contributed by atoms with E-state index in [1.54, 1.807) is 37.2 Å². The fraction of sp³-hybridized carbons (Fsp3) is 0.458. The van der Waals surface area contributed by atoms with Crippen LogP contribution < -0.4 is 10.9 Å². The van der Waals surface area contributed by atoms with Crippen LogP contribution in [0.3, 0.4) is 0 Å². The molecule has 2 aromatic heterocycles. The highest BCUT2D eigenvalue weighted by molar-refractivity contribution is 5.79. The van der Waals surface area contributed by atoms with E-state index in [9.17, 15) is 9.18 Å². The summed E-state index contributed by atoms with van der Waals surface area (Å²) < 4.78 is 22.6. The van der Waals surface area contributed by atoms with Crippen LogP contribution in [0.15, 0.2) is 41.3 Å². The number of rotatable bonds is 7. The maximum atomic E-state index is 13.6. The second-order valence-electron chi connectivity index (χ2n) is 8.70. The first-order valence-corrected chi connectivity index (χ1v) is 11.2. The Morgan fingerprint density at radius 3 is 2.55 bits per heavy atom. The lowest BCUT2D eigenvalue weighted by Crippen LogP contribution is -2.34. The highest BCUT2D eigenvalue weighted by atomic mass is 19.1. The summed E-state index contributed by atoms with van der Waals surface area (Å²) in [6, 6.07) is 8.05. The zero-order chi connectivity index (χ0) is 23.5. The Bertz CT molecular complexity index is 1150. The van der Waals surface area contributed by atoms with Gasteiger partial charge in [0, 0.05) is 26.4 Å². The molecular weight excluding hydrogens is 423 g/mol. The molecule has 0 spiro atoms. The van der Waals surface area contributed by atoms with Crippen molar-refractivity contribution in [1.82, 2.24) is 24.2 Å². The molecule has 176 valence electrons. The number of ether oxygens (including phenoxy) is 1. The molecule has 1 N–H and O–H groups in total. The van der Waals surface area contributed by atoms with Crippen molar-refractivity contribution in [2.45, 2.75) is 31.8 Å². The average molecular weight is 455 g/mol. The number of hydrogen-bond acceptors (Lipinski definition) is 6. The average Bonchev–Trinajstić information content (AvgIpc) is 3.06. The normalized spacial score (nSPS) is 16.2. The van der Waals surface area contributed by atoms with Crippen molar-refractivity contribution < 1.29 is 9.13 Å². The van der Waals surface area contributed by atoms with Crippen molar-refractivity contribution in [3.05, 3.63) is 52.7 Å². The van der Waals surface area contributed by atoms with E-state index in [1.165, 1.54) is 12.1 Å². The minimum absolute atomic E-state index is 0.0219. The molecule has 1 fully saturated rings. The molecule has 1 atom stereocenters. The summed E-state index contributed by atoms with van der Waals surface area (Å²) in [5.74, 6) is 0.126. The van der Waals surface area contributed by atoms with Crippen LogP contribution in [-0.4, -0.2) is 64.1 Å². The summed E-state index contributed by atoms with van der Waals surface area (Å²) in [7, 11) is 5.55. The molecule has 0 bridgehead atoms. The van der Waals surface area contributed by atoms with E-state index in [4.69, 9.17) is 9.72 Å². The predicted octanol–water partition coefficient (Wildman–Crippen LogP) is 3.16. The van der Waals surface area contributed by atoms with Crippen LogP contribution >= 0.6 is 0 Å². The third-order valence-corrected chi connectivity index (χ3v) is 6.15. The van der Waals surface area contributed by atoms with Gasteiger partial charge in [-0.3, -0.25) is 14.2 Å². The van der Waals surface area contributed by atoms with Gasteiger partial charge in [-0.05, 0) is 63.7 Å². The maximum absolute atomic E-state index is 13.6. The first-order chi connectivity index (χ1) is 15.9. The molecule has 1 aromatic carbocycles. The van der Waals surface area contributed by atoms with Gasteiger partial charge in [-0.2, -0.15) is 0 Å². The first kappa shape index (κ1) is 23.1. The lowest BCUT2D eigenvalue weighted by molar-refractivity contribution is 0.190. The van der Waals surface area contributed by atoms with Gasteiger partial charge in [0.2, 0.25) is 5.95 Å². The molecule has 1 saturated heterocycles. The second kappa shape index (κ2) is 9.84. The van der Waals surface area contributed by atoms with Crippen LogP contribution in [0.4, 0.5) is 10.3 Å². The Morgan fingerprint density at radius 1 is 1.18 bits per heavy atom. The summed E-state index contributed by atoms with van der Waals surface area (Å²) in [6.45, 7) is 4.40. The molecule has 8 nitrogen and oxygen atoms in total. The molecule has 0 aliphatic carbocycles. The maximum Gasteiger partial charge on any atom is 0.274 e. The minimum atomic E-state index is -0.340. The second-order valence-corrected chi connectivity index (χ2v) is 8.70.